The van der Waals surface area contributed by atoms with Gasteiger partial charge in [-0.2, -0.15) is 0 Å². The van der Waals surface area contributed by atoms with Gasteiger partial charge in [-0.3, -0.25) is 9.69 Å². The van der Waals surface area contributed by atoms with Crippen LogP contribution in [0, 0.1) is 5.92 Å². The van der Waals surface area contributed by atoms with E-state index in [9.17, 15) is 4.79 Å². The van der Waals surface area contributed by atoms with Crippen LogP contribution < -0.4 is 15.4 Å². The number of nitrogens with zero attached hydrogens (tertiary/aromatic N) is 1. The lowest BCUT2D eigenvalue weighted by Gasteiger charge is -2.36. The zero-order valence-electron chi connectivity index (χ0n) is 13.9. The van der Waals surface area contributed by atoms with Crippen LogP contribution in [0.15, 0.2) is 24.3 Å². The standard InChI is InChI=1S/C18H27N3O2/c1-23-17-8-3-2-7-15(17)16-12-19-9-10-21(16)13-18(22)20-11-14-5-4-6-14/h2-3,7-8,14,16,19H,4-6,9-13H2,1H3,(H,20,22). The van der Waals surface area contributed by atoms with Crippen LogP contribution in [0.3, 0.4) is 0 Å². The lowest BCUT2D eigenvalue weighted by atomic mass is 9.85. The number of amides is 1. The van der Waals surface area contributed by atoms with Gasteiger partial charge in [0, 0.05) is 31.7 Å². The van der Waals surface area contributed by atoms with Crippen LogP contribution in [-0.4, -0.2) is 50.6 Å². The molecule has 1 saturated carbocycles. The first-order valence-corrected chi connectivity index (χ1v) is 8.62. The maximum Gasteiger partial charge on any atom is 0.234 e. The molecule has 0 aromatic heterocycles. The van der Waals surface area contributed by atoms with Crippen molar-refractivity contribution in [3.05, 3.63) is 29.8 Å². The Kier molecular flexibility index (Phi) is 5.51. The monoisotopic (exact) mass is 317 g/mol. The van der Waals surface area contributed by atoms with E-state index < -0.39 is 0 Å². The number of hydrogen-bond acceptors (Lipinski definition) is 4. The zero-order chi connectivity index (χ0) is 16.1. The van der Waals surface area contributed by atoms with Gasteiger partial charge in [0.15, 0.2) is 0 Å². The molecule has 126 valence electrons. The van der Waals surface area contributed by atoms with Crippen molar-refractivity contribution in [1.82, 2.24) is 15.5 Å². The van der Waals surface area contributed by atoms with Crippen molar-refractivity contribution in [2.75, 3.05) is 39.8 Å². The molecule has 0 radical (unpaired) electrons. The summed E-state index contributed by atoms with van der Waals surface area (Å²) in [5.74, 6) is 1.73. The third-order valence-electron chi connectivity index (χ3n) is 5.01. The summed E-state index contributed by atoms with van der Waals surface area (Å²) >= 11 is 0. The summed E-state index contributed by atoms with van der Waals surface area (Å²) in [6.45, 7) is 3.93. The van der Waals surface area contributed by atoms with Gasteiger partial charge in [0.1, 0.15) is 5.75 Å². The Morgan fingerprint density at radius 2 is 2.22 bits per heavy atom. The number of ether oxygens (including phenoxy) is 1. The molecule has 1 aliphatic carbocycles. The molecule has 1 aromatic carbocycles. The van der Waals surface area contributed by atoms with Crippen LogP contribution in [0.2, 0.25) is 0 Å². The van der Waals surface area contributed by atoms with Gasteiger partial charge in [-0.05, 0) is 24.8 Å². The van der Waals surface area contributed by atoms with E-state index in [0.29, 0.717) is 12.5 Å². The summed E-state index contributed by atoms with van der Waals surface area (Å²) in [5.41, 5.74) is 1.15. The second-order valence-corrected chi connectivity index (χ2v) is 6.53. The quantitative estimate of drug-likeness (QED) is 0.836. The molecular formula is C18H27N3O2. The van der Waals surface area contributed by atoms with E-state index in [-0.39, 0.29) is 11.9 Å². The van der Waals surface area contributed by atoms with Crippen LogP contribution in [0.4, 0.5) is 0 Å². The van der Waals surface area contributed by atoms with E-state index in [2.05, 4.69) is 21.6 Å². The highest BCUT2D eigenvalue weighted by Crippen LogP contribution is 2.30. The number of hydrogen-bond donors (Lipinski definition) is 2. The molecule has 0 spiro atoms. The first-order valence-electron chi connectivity index (χ1n) is 8.62. The average molecular weight is 317 g/mol. The summed E-state index contributed by atoms with van der Waals surface area (Å²) < 4.78 is 5.50. The Balaban J connectivity index is 1.62. The smallest absolute Gasteiger partial charge is 0.234 e. The van der Waals surface area contributed by atoms with Gasteiger partial charge in [0.25, 0.3) is 0 Å². The molecule has 1 aliphatic heterocycles. The molecule has 2 fully saturated rings. The number of methoxy groups -OCH3 is 1. The minimum absolute atomic E-state index is 0.138. The molecule has 2 aliphatic rings. The molecular weight excluding hydrogens is 290 g/mol. The molecule has 1 amide bonds. The third-order valence-corrected chi connectivity index (χ3v) is 5.01. The van der Waals surface area contributed by atoms with Gasteiger partial charge in [-0.1, -0.05) is 24.6 Å². The number of nitrogens with one attached hydrogen (secondary N) is 2. The summed E-state index contributed by atoms with van der Waals surface area (Å²) in [7, 11) is 1.70. The maximum atomic E-state index is 12.3. The first-order chi connectivity index (χ1) is 11.3. The second kappa shape index (κ2) is 7.79. The molecule has 3 rings (SSSR count). The van der Waals surface area contributed by atoms with Gasteiger partial charge in [0.2, 0.25) is 5.91 Å². The van der Waals surface area contributed by atoms with Crippen molar-refractivity contribution >= 4 is 5.91 Å². The van der Waals surface area contributed by atoms with Gasteiger partial charge < -0.3 is 15.4 Å². The molecule has 1 saturated heterocycles. The van der Waals surface area contributed by atoms with Gasteiger partial charge >= 0.3 is 0 Å². The fourth-order valence-corrected chi connectivity index (χ4v) is 3.38. The molecule has 5 heteroatoms. The summed E-state index contributed by atoms with van der Waals surface area (Å²) in [4.78, 5) is 14.5. The summed E-state index contributed by atoms with van der Waals surface area (Å²) in [6.07, 6.45) is 3.84. The fourth-order valence-electron chi connectivity index (χ4n) is 3.38. The van der Waals surface area contributed by atoms with Gasteiger partial charge in [-0.25, -0.2) is 0 Å². The molecule has 23 heavy (non-hydrogen) atoms. The Hall–Kier alpha value is -1.59. The zero-order valence-corrected chi connectivity index (χ0v) is 13.9. The maximum absolute atomic E-state index is 12.3. The van der Waals surface area contributed by atoms with Crippen molar-refractivity contribution in [3.63, 3.8) is 0 Å². The third kappa shape index (κ3) is 4.03. The van der Waals surface area contributed by atoms with Crippen molar-refractivity contribution in [1.29, 1.82) is 0 Å². The van der Waals surface area contributed by atoms with Crippen LogP contribution in [-0.2, 0) is 4.79 Å². The van der Waals surface area contributed by atoms with E-state index in [1.54, 1.807) is 7.11 Å². The van der Waals surface area contributed by atoms with Crippen LogP contribution >= 0.6 is 0 Å². The van der Waals surface area contributed by atoms with Crippen molar-refractivity contribution in [3.8, 4) is 5.75 Å². The highest BCUT2D eigenvalue weighted by Gasteiger charge is 2.28. The van der Waals surface area contributed by atoms with Crippen molar-refractivity contribution in [2.24, 2.45) is 5.92 Å². The number of rotatable bonds is 6. The van der Waals surface area contributed by atoms with Crippen LogP contribution in [0.25, 0.3) is 0 Å². The normalized spacial score (nSPS) is 22.4. The minimum atomic E-state index is 0.138. The highest BCUT2D eigenvalue weighted by molar-refractivity contribution is 5.78. The molecule has 0 bridgehead atoms. The van der Waals surface area contributed by atoms with Crippen molar-refractivity contribution < 1.29 is 9.53 Å². The number of piperazine rings is 1. The molecule has 1 heterocycles. The molecule has 2 N–H and O–H groups in total. The lowest BCUT2D eigenvalue weighted by Crippen LogP contribution is -2.50. The molecule has 1 aromatic rings. The first kappa shape index (κ1) is 16.3. The summed E-state index contributed by atoms with van der Waals surface area (Å²) in [6, 6.07) is 8.26. The Labute approximate surface area is 138 Å². The topological polar surface area (TPSA) is 53.6 Å². The highest BCUT2D eigenvalue weighted by atomic mass is 16.5. The number of carbonyl (C=O) groups is 1. The molecule has 5 nitrogen and oxygen atoms in total. The number of para-hydroxylation sites is 1. The molecule has 1 unspecified atom stereocenters. The lowest BCUT2D eigenvalue weighted by molar-refractivity contribution is -0.123. The van der Waals surface area contributed by atoms with Gasteiger partial charge in [0.05, 0.1) is 19.7 Å². The number of benzene rings is 1. The van der Waals surface area contributed by atoms with E-state index >= 15 is 0 Å². The predicted molar refractivity (Wildman–Crippen MR) is 90.5 cm³/mol. The van der Waals surface area contributed by atoms with Gasteiger partial charge in [-0.15, -0.1) is 0 Å². The van der Waals surface area contributed by atoms with Crippen LogP contribution in [0.5, 0.6) is 5.75 Å². The van der Waals surface area contributed by atoms with E-state index in [1.807, 2.05) is 18.2 Å². The Morgan fingerprint density at radius 1 is 1.39 bits per heavy atom. The SMILES string of the molecule is COc1ccccc1C1CNCCN1CC(=O)NCC1CCC1. The van der Waals surface area contributed by atoms with Crippen molar-refractivity contribution in [2.45, 2.75) is 25.3 Å². The summed E-state index contributed by atoms with van der Waals surface area (Å²) in [5, 5.41) is 6.53. The van der Waals surface area contributed by atoms with E-state index in [0.717, 1.165) is 37.5 Å². The largest absolute Gasteiger partial charge is 0.496 e. The predicted octanol–water partition coefficient (Wildman–Crippen LogP) is 1.56. The molecule has 1 atom stereocenters. The average Bonchev–Trinajstić information content (AvgIpc) is 2.54. The van der Waals surface area contributed by atoms with E-state index in [4.69, 9.17) is 4.74 Å². The number of carbonyl (C=O) groups excluding carboxylic acids is 1. The van der Waals surface area contributed by atoms with Crippen LogP contribution in [0.1, 0.15) is 30.9 Å². The Morgan fingerprint density at radius 3 is 2.96 bits per heavy atom. The fraction of sp³-hybridized carbons (Fsp3) is 0.611. The Bertz CT molecular complexity index is 531. The van der Waals surface area contributed by atoms with E-state index in [1.165, 1.54) is 19.3 Å². The second-order valence-electron chi connectivity index (χ2n) is 6.53. The minimum Gasteiger partial charge on any atom is -0.496 e.